The number of fused-ring (bicyclic) bond motifs is 2. The molecule has 1 fully saturated rings. The Hall–Kier alpha value is -4.00. The summed E-state index contributed by atoms with van der Waals surface area (Å²) in [5, 5.41) is 7.90. The van der Waals surface area contributed by atoms with Crippen molar-refractivity contribution in [2.45, 2.75) is 19.3 Å². The number of unbranched alkanes of at least 4 members (excludes halogenated alkanes) is 2. The second-order valence-electron chi connectivity index (χ2n) is 8.37. The summed E-state index contributed by atoms with van der Waals surface area (Å²) in [5.74, 6) is 7.07. The molecular weight excluding hydrogens is 442 g/mol. The lowest BCUT2D eigenvalue weighted by Gasteiger charge is -2.26. The smallest absolute Gasteiger partial charge is 0.301 e. The number of nitrogens with zero attached hydrogens (tertiary/aromatic N) is 4. The molecule has 1 saturated heterocycles. The molecule has 4 aromatic rings. The highest BCUT2D eigenvalue weighted by molar-refractivity contribution is 6.04. The molecule has 0 atom stereocenters. The van der Waals surface area contributed by atoms with Gasteiger partial charge in [-0.3, -0.25) is 15.0 Å². The lowest BCUT2D eigenvalue weighted by Crippen LogP contribution is -2.36. The highest BCUT2D eigenvalue weighted by atomic mass is 16.5. The number of carbonyl (C=O) groups excluding carboxylic acids is 1. The molecule has 3 N–H and O–H groups in total. The first kappa shape index (κ1) is 22.8. The number of amides is 1. The van der Waals surface area contributed by atoms with Crippen LogP contribution >= 0.6 is 0 Å². The highest BCUT2D eigenvalue weighted by Crippen LogP contribution is 2.26. The number of benzene rings is 1. The maximum atomic E-state index is 12.3. The van der Waals surface area contributed by atoms with Gasteiger partial charge in [-0.25, -0.2) is 15.0 Å². The Morgan fingerprint density at radius 3 is 2.89 bits per heavy atom. The first-order valence-corrected chi connectivity index (χ1v) is 11.8. The van der Waals surface area contributed by atoms with E-state index in [2.05, 4.69) is 47.3 Å². The average molecular weight is 470 g/mol. The summed E-state index contributed by atoms with van der Waals surface area (Å²) in [6.45, 7) is 4.67. The SMILES string of the molecule is O=C(C#CCCCCN1CCOCC1)Nc1cc2c(Nc3cc4ccccc4[nH]3)ncnc2cn1. The molecule has 1 aliphatic heterocycles. The average Bonchev–Trinajstić information content (AvgIpc) is 3.29. The predicted molar refractivity (Wildman–Crippen MR) is 136 cm³/mol. The number of H-pyrrole nitrogens is 1. The van der Waals surface area contributed by atoms with E-state index >= 15 is 0 Å². The van der Waals surface area contributed by atoms with Crippen LogP contribution in [0.3, 0.4) is 0 Å². The molecule has 1 amide bonds. The van der Waals surface area contributed by atoms with Crippen LogP contribution < -0.4 is 10.6 Å². The molecule has 0 aliphatic carbocycles. The maximum Gasteiger partial charge on any atom is 0.301 e. The molecule has 5 rings (SSSR count). The van der Waals surface area contributed by atoms with Gasteiger partial charge < -0.3 is 15.0 Å². The minimum Gasteiger partial charge on any atom is -0.379 e. The molecule has 0 saturated carbocycles. The van der Waals surface area contributed by atoms with Crippen molar-refractivity contribution >= 4 is 45.2 Å². The number of aromatic amines is 1. The third-order valence-corrected chi connectivity index (χ3v) is 5.88. The fraction of sp³-hybridized carbons (Fsp3) is 0.308. The van der Waals surface area contributed by atoms with E-state index in [-0.39, 0.29) is 5.91 Å². The van der Waals surface area contributed by atoms with Crippen LogP contribution in [0.15, 0.2) is 48.9 Å². The monoisotopic (exact) mass is 469 g/mol. The van der Waals surface area contributed by atoms with Crippen molar-refractivity contribution < 1.29 is 9.53 Å². The van der Waals surface area contributed by atoms with E-state index in [1.165, 1.54) is 6.33 Å². The normalized spacial score (nSPS) is 13.9. The second-order valence-corrected chi connectivity index (χ2v) is 8.37. The van der Waals surface area contributed by atoms with Gasteiger partial charge in [0.05, 0.1) is 24.9 Å². The minimum absolute atomic E-state index is 0.382. The Balaban J connectivity index is 1.19. The Kier molecular flexibility index (Phi) is 7.13. The molecule has 1 aliphatic rings. The topological polar surface area (TPSA) is 108 Å². The number of aromatic nitrogens is 4. The molecule has 1 aromatic carbocycles. The minimum atomic E-state index is -0.382. The van der Waals surface area contributed by atoms with Crippen LogP contribution in [0.4, 0.5) is 17.5 Å². The Bertz CT molecular complexity index is 1350. The van der Waals surface area contributed by atoms with E-state index in [1.807, 2.05) is 30.3 Å². The van der Waals surface area contributed by atoms with Gasteiger partial charge >= 0.3 is 5.91 Å². The molecule has 9 heteroatoms. The van der Waals surface area contributed by atoms with E-state index in [1.54, 1.807) is 12.3 Å². The lowest BCUT2D eigenvalue weighted by atomic mass is 10.2. The number of anilines is 3. The van der Waals surface area contributed by atoms with Crippen LogP contribution in [0.5, 0.6) is 0 Å². The van der Waals surface area contributed by atoms with Gasteiger partial charge in [0.25, 0.3) is 0 Å². The molecule has 4 heterocycles. The Labute approximate surface area is 203 Å². The van der Waals surface area contributed by atoms with Crippen LogP contribution in [0.25, 0.3) is 21.8 Å². The molecule has 3 aromatic heterocycles. The predicted octanol–water partition coefficient (Wildman–Crippen LogP) is 3.69. The number of morpholine rings is 1. The molecule has 0 spiro atoms. The molecule has 9 nitrogen and oxygen atoms in total. The molecule has 35 heavy (non-hydrogen) atoms. The van der Waals surface area contributed by atoms with Gasteiger partial charge in [0, 0.05) is 35.8 Å². The van der Waals surface area contributed by atoms with E-state index in [0.717, 1.165) is 67.8 Å². The van der Waals surface area contributed by atoms with Crippen molar-refractivity contribution in [1.82, 2.24) is 24.8 Å². The number of ether oxygens (including phenoxy) is 1. The maximum absolute atomic E-state index is 12.3. The van der Waals surface area contributed by atoms with Gasteiger partial charge in [-0.2, -0.15) is 0 Å². The Morgan fingerprint density at radius 1 is 1.11 bits per heavy atom. The largest absolute Gasteiger partial charge is 0.379 e. The zero-order chi connectivity index (χ0) is 23.9. The molecule has 178 valence electrons. The number of hydrogen-bond donors (Lipinski definition) is 3. The van der Waals surface area contributed by atoms with Crippen LogP contribution in [0, 0.1) is 11.8 Å². The summed E-state index contributed by atoms with van der Waals surface area (Å²) in [6, 6.07) is 11.8. The van der Waals surface area contributed by atoms with Crippen molar-refractivity contribution in [3.05, 3.63) is 48.9 Å². The zero-order valence-electron chi connectivity index (χ0n) is 19.4. The van der Waals surface area contributed by atoms with Gasteiger partial charge in [-0.15, -0.1) is 0 Å². The fourth-order valence-corrected chi connectivity index (χ4v) is 4.06. The van der Waals surface area contributed by atoms with Gasteiger partial charge in [0.15, 0.2) is 0 Å². The lowest BCUT2D eigenvalue weighted by molar-refractivity contribution is -0.111. The van der Waals surface area contributed by atoms with E-state index in [4.69, 9.17) is 4.74 Å². The summed E-state index contributed by atoms with van der Waals surface area (Å²) in [7, 11) is 0. The molecule has 0 bridgehead atoms. The Morgan fingerprint density at radius 2 is 2.00 bits per heavy atom. The number of pyridine rings is 1. The van der Waals surface area contributed by atoms with Crippen LogP contribution in [0.1, 0.15) is 19.3 Å². The first-order valence-electron chi connectivity index (χ1n) is 11.8. The third-order valence-electron chi connectivity index (χ3n) is 5.88. The van der Waals surface area contributed by atoms with Gasteiger partial charge in [-0.05, 0) is 43.5 Å². The van der Waals surface area contributed by atoms with Crippen molar-refractivity contribution in [2.75, 3.05) is 43.5 Å². The molecule has 0 radical (unpaired) electrons. The molecular formula is C26H27N7O2. The number of hydrogen-bond acceptors (Lipinski definition) is 7. The second kappa shape index (κ2) is 11.0. The van der Waals surface area contributed by atoms with Crippen LogP contribution in [-0.2, 0) is 9.53 Å². The van der Waals surface area contributed by atoms with E-state index in [0.29, 0.717) is 23.6 Å². The van der Waals surface area contributed by atoms with Crippen molar-refractivity contribution in [3.63, 3.8) is 0 Å². The number of nitrogens with one attached hydrogen (secondary N) is 3. The zero-order valence-corrected chi connectivity index (χ0v) is 19.4. The summed E-state index contributed by atoms with van der Waals surface area (Å²) < 4.78 is 5.36. The van der Waals surface area contributed by atoms with Crippen molar-refractivity contribution in [1.29, 1.82) is 0 Å². The third kappa shape index (κ3) is 5.93. The van der Waals surface area contributed by atoms with E-state index < -0.39 is 0 Å². The summed E-state index contributed by atoms with van der Waals surface area (Å²) >= 11 is 0. The van der Waals surface area contributed by atoms with Crippen LogP contribution in [-0.4, -0.2) is 63.6 Å². The highest BCUT2D eigenvalue weighted by Gasteiger charge is 2.10. The number of para-hydroxylation sites is 1. The standard InChI is InChI=1S/C26H27N7O2/c34-25(9-3-1-2-6-10-33-11-13-35-14-12-33)31-23-16-20-22(17-27-23)28-18-29-26(20)32-24-15-19-7-4-5-8-21(19)30-24/h4-5,7-8,15-18,30H,1-2,6,10-14H2,(H,27,31,34)(H,28,29,32). The van der Waals surface area contributed by atoms with Crippen molar-refractivity contribution in [3.8, 4) is 11.8 Å². The van der Waals surface area contributed by atoms with Crippen molar-refractivity contribution in [2.24, 2.45) is 0 Å². The number of rotatable bonds is 7. The summed E-state index contributed by atoms with van der Waals surface area (Å²) in [5.41, 5.74) is 1.70. The van der Waals surface area contributed by atoms with Crippen LogP contribution in [0.2, 0.25) is 0 Å². The summed E-state index contributed by atoms with van der Waals surface area (Å²) in [4.78, 5) is 31.0. The quantitative estimate of drug-likeness (QED) is 0.280. The van der Waals surface area contributed by atoms with Gasteiger partial charge in [0.1, 0.15) is 23.8 Å². The first-order chi connectivity index (χ1) is 17.2. The fourth-order valence-electron chi connectivity index (χ4n) is 4.06. The van der Waals surface area contributed by atoms with Gasteiger partial charge in [0.2, 0.25) is 0 Å². The summed E-state index contributed by atoms with van der Waals surface area (Å²) in [6.07, 6.45) is 5.82. The van der Waals surface area contributed by atoms with Gasteiger partial charge in [-0.1, -0.05) is 24.1 Å². The van der Waals surface area contributed by atoms with E-state index in [9.17, 15) is 4.79 Å². The molecule has 0 unspecified atom stereocenters. The number of carbonyl (C=O) groups is 1.